The Balaban J connectivity index is 1.82. The number of hydrogen-bond donors (Lipinski definition) is 1. The van der Waals surface area contributed by atoms with Crippen molar-refractivity contribution in [1.29, 1.82) is 0 Å². The molecule has 0 bridgehead atoms. The third-order valence-corrected chi connectivity index (χ3v) is 4.92. The second kappa shape index (κ2) is 1.93. The molecule has 3 aliphatic carbocycles. The topological polar surface area (TPSA) is 43.8 Å². The average Bonchev–Trinajstić information content (AvgIpc) is 3.09. The maximum atomic E-state index is 13.8. The Kier molecular flexibility index (Phi) is 1.04. The Morgan fingerprint density at radius 2 is 1.87 bits per heavy atom. The summed E-state index contributed by atoms with van der Waals surface area (Å²) in [6.45, 7) is 0. The summed E-state index contributed by atoms with van der Waals surface area (Å²) in [7, 11) is 1.71. The van der Waals surface area contributed by atoms with Gasteiger partial charge in [-0.05, 0) is 36.5 Å². The van der Waals surface area contributed by atoms with Crippen molar-refractivity contribution in [2.75, 3.05) is 5.73 Å². The van der Waals surface area contributed by atoms with E-state index in [0.29, 0.717) is 22.4 Å². The molecule has 3 aliphatic rings. The van der Waals surface area contributed by atoms with Gasteiger partial charge in [-0.2, -0.15) is 5.10 Å². The largest absolute Gasteiger partial charge is 0.381 e. The molecule has 0 radical (unpaired) electrons. The van der Waals surface area contributed by atoms with Gasteiger partial charge in [0.05, 0.1) is 0 Å². The Hall–Kier alpha value is -1.06. The molecule has 3 nitrogen and oxygen atoms in total. The number of nitrogen functional groups attached to an aromatic ring is 1. The first-order valence-electron chi connectivity index (χ1n) is 5.60. The standard InChI is InChI=1S/C11H14FN3/c1-15-9(13)6(12)7(14-15)8-10(2-3-10)11(8)4-5-11/h8H,2-5,13H2,1H3. The van der Waals surface area contributed by atoms with Gasteiger partial charge in [0.25, 0.3) is 0 Å². The molecular formula is C11H14FN3. The van der Waals surface area contributed by atoms with Crippen molar-refractivity contribution in [3.63, 3.8) is 0 Å². The molecule has 80 valence electrons. The molecule has 3 saturated carbocycles. The lowest BCUT2D eigenvalue weighted by atomic mass is 10.2. The molecule has 2 spiro atoms. The summed E-state index contributed by atoms with van der Waals surface area (Å²) in [6.07, 6.45) is 5.09. The fourth-order valence-corrected chi connectivity index (χ4v) is 3.82. The highest BCUT2D eigenvalue weighted by Gasteiger charge is 2.87. The van der Waals surface area contributed by atoms with E-state index < -0.39 is 0 Å². The lowest BCUT2D eigenvalue weighted by Gasteiger charge is -1.91. The van der Waals surface area contributed by atoms with E-state index in [4.69, 9.17) is 5.73 Å². The minimum Gasteiger partial charge on any atom is -0.381 e. The van der Waals surface area contributed by atoms with Crippen LogP contribution in [0.5, 0.6) is 0 Å². The molecule has 0 saturated heterocycles. The third-order valence-electron chi connectivity index (χ3n) is 4.92. The number of halogens is 1. The molecule has 15 heavy (non-hydrogen) atoms. The van der Waals surface area contributed by atoms with Gasteiger partial charge in [-0.15, -0.1) is 0 Å². The molecule has 1 aromatic rings. The molecule has 4 rings (SSSR count). The van der Waals surface area contributed by atoms with E-state index >= 15 is 0 Å². The fraction of sp³-hybridized carbons (Fsp3) is 0.727. The lowest BCUT2D eigenvalue weighted by Crippen LogP contribution is -1.97. The Labute approximate surface area is 87.4 Å². The predicted molar refractivity (Wildman–Crippen MR) is 53.7 cm³/mol. The molecule has 0 aliphatic heterocycles. The van der Waals surface area contributed by atoms with Crippen LogP contribution in [0.3, 0.4) is 0 Å². The predicted octanol–water partition coefficient (Wildman–Crippen LogP) is 1.80. The third kappa shape index (κ3) is 0.674. The quantitative estimate of drug-likeness (QED) is 0.763. The molecule has 3 fully saturated rings. The summed E-state index contributed by atoms with van der Waals surface area (Å²) >= 11 is 0. The molecule has 4 heteroatoms. The minimum absolute atomic E-state index is 0.184. The number of fused-ring (bicyclic) bond motifs is 1. The van der Waals surface area contributed by atoms with Gasteiger partial charge in [0, 0.05) is 13.0 Å². The van der Waals surface area contributed by atoms with Crippen molar-refractivity contribution in [3.05, 3.63) is 11.5 Å². The van der Waals surface area contributed by atoms with Crippen molar-refractivity contribution in [1.82, 2.24) is 9.78 Å². The highest BCUT2D eigenvalue weighted by Crippen LogP contribution is 2.95. The van der Waals surface area contributed by atoms with Gasteiger partial charge in [0.15, 0.2) is 11.6 Å². The summed E-state index contributed by atoms with van der Waals surface area (Å²) < 4.78 is 15.3. The average molecular weight is 207 g/mol. The van der Waals surface area contributed by atoms with Crippen LogP contribution in [-0.4, -0.2) is 9.78 Å². The molecule has 0 amide bonds. The normalized spacial score (nSPS) is 28.7. The second-order valence-electron chi connectivity index (χ2n) is 5.45. The van der Waals surface area contributed by atoms with Gasteiger partial charge in [0.1, 0.15) is 5.69 Å². The van der Waals surface area contributed by atoms with Gasteiger partial charge in [-0.25, -0.2) is 4.39 Å². The van der Waals surface area contributed by atoms with Crippen LogP contribution in [0.2, 0.25) is 0 Å². The summed E-state index contributed by atoms with van der Waals surface area (Å²) in [5.74, 6) is 0.301. The highest BCUT2D eigenvalue weighted by molar-refractivity contribution is 5.48. The van der Waals surface area contributed by atoms with Crippen LogP contribution in [0.4, 0.5) is 10.2 Å². The van der Waals surface area contributed by atoms with Gasteiger partial charge in [-0.1, -0.05) is 0 Å². The van der Waals surface area contributed by atoms with Gasteiger partial charge < -0.3 is 5.73 Å². The Morgan fingerprint density at radius 3 is 2.20 bits per heavy atom. The van der Waals surface area contributed by atoms with Crippen LogP contribution >= 0.6 is 0 Å². The van der Waals surface area contributed by atoms with Gasteiger partial charge in [-0.3, -0.25) is 4.68 Å². The number of anilines is 1. The van der Waals surface area contributed by atoms with Gasteiger partial charge >= 0.3 is 0 Å². The molecule has 0 atom stereocenters. The first-order chi connectivity index (χ1) is 7.12. The minimum atomic E-state index is -0.266. The van der Waals surface area contributed by atoms with E-state index in [1.54, 1.807) is 7.05 Å². The van der Waals surface area contributed by atoms with E-state index in [-0.39, 0.29) is 11.6 Å². The van der Waals surface area contributed by atoms with Crippen LogP contribution in [-0.2, 0) is 7.05 Å². The zero-order valence-corrected chi connectivity index (χ0v) is 8.76. The Morgan fingerprint density at radius 1 is 1.33 bits per heavy atom. The Bertz CT molecular complexity index is 450. The van der Waals surface area contributed by atoms with Crippen LogP contribution < -0.4 is 5.73 Å². The van der Waals surface area contributed by atoms with E-state index in [1.165, 1.54) is 30.4 Å². The van der Waals surface area contributed by atoms with E-state index in [9.17, 15) is 4.39 Å². The maximum Gasteiger partial charge on any atom is 0.188 e. The van der Waals surface area contributed by atoms with Crippen LogP contribution in [0.1, 0.15) is 37.3 Å². The van der Waals surface area contributed by atoms with E-state index in [2.05, 4.69) is 5.10 Å². The monoisotopic (exact) mass is 207 g/mol. The van der Waals surface area contributed by atoms with Gasteiger partial charge in [0.2, 0.25) is 0 Å². The molecule has 0 aromatic carbocycles. The zero-order valence-electron chi connectivity index (χ0n) is 8.76. The number of aryl methyl sites for hydroxylation is 1. The second-order valence-corrected chi connectivity index (χ2v) is 5.45. The number of nitrogens with two attached hydrogens (primary N) is 1. The smallest absolute Gasteiger partial charge is 0.188 e. The van der Waals surface area contributed by atoms with Crippen molar-refractivity contribution >= 4 is 5.82 Å². The molecule has 2 N–H and O–H groups in total. The highest BCUT2D eigenvalue weighted by atomic mass is 19.1. The van der Waals surface area contributed by atoms with Crippen LogP contribution in [0.15, 0.2) is 0 Å². The fourth-order valence-electron chi connectivity index (χ4n) is 3.82. The van der Waals surface area contributed by atoms with Crippen molar-refractivity contribution < 1.29 is 4.39 Å². The zero-order chi connectivity index (χ0) is 10.4. The van der Waals surface area contributed by atoms with Crippen molar-refractivity contribution in [2.45, 2.75) is 31.6 Å². The van der Waals surface area contributed by atoms with E-state index in [0.717, 1.165) is 0 Å². The van der Waals surface area contributed by atoms with Crippen molar-refractivity contribution in [2.24, 2.45) is 17.9 Å². The number of aromatic nitrogens is 2. The molecule has 1 aromatic heterocycles. The summed E-state index contributed by atoms with van der Waals surface area (Å²) in [6, 6.07) is 0. The maximum absolute atomic E-state index is 13.8. The number of hydrogen-bond acceptors (Lipinski definition) is 2. The molecular weight excluding hydrogens is 193 g/mol. The summed E-state index contributed by atoms with van der Waals surface area (Å²) in [4.78, 5) is 0. The van der Waals surface area contributed by atoms with Crippen LogP contribution in [0, 0.1) is 16.6 Å². The number of nitrogens with zero attached hydrogens (tertiary/aromatic N) is 2. The van der Waals surface area contributed by atoms with Crippen molar-refractivity contribution in [3.8, 4) is 0 Å². The first-order valence-corrected chi connectivity index (χ1v) is 5.60. The van der Waals surface area contributed by atoms with Crippen LogP contribution in [0.25, 0.3) is 0 Å². The number of rotatable bonds is 1. The first kappa shape index (κ1) is 8.13. The SMILES string of the molecule is Cn1nc(C2C3(CC3)C23CC3)c(F)c1N. The molecule has 1 heterocycles. The van der Waals surface area contributed by atoms with E-state index in [1.807, 2.05) is 0 Å². The lowest BCUT2D eigenvalue weighted by molar-refractivity contribution is 0.606. The molecule has 0 unspecified atom stereocenters. The summed E-state index contributed by atoms with van der Waals surface area (Å²) in [5, 5.41) is 4.26. The summed E-state index contributed by atoms with van der Waals surface area (Å²) in [5.41, 5.74) is 7.16.